The molecule has 1 atom stereocenters. The average molecular weight is 339 g/mol. The molecule has 130 valence electrons. The molecule has 0 saturated carbocycles. The molecule has 1 aliphatic rings. The Kier molecular flexibility index (Phi) is 4.81. The molecule has 0 radical (unpaired) electrons. The normalized spacial score (nSPS) is 18.2. The van der Waals surface area contributed by atoms with Gasteiger partial charge in [-0.3, -0.25) is 14.9 Å². The molecule has 3 rings (SSSR count). The van der Waals surface area contributed by atoms with Crippen LogP contribution in [0.5, 0.6) is 0 Å². The molecule has 1 unspecified atom stereocenters. The zero-order valence-electron chi connectivity index (χ0n) is 14.4. The van der Waals surface area contributed by atoms with E-state index in [-0.39, 0.29) is 17.6 Å². The van der Waals surface area contributed by atoms with Gasteiger partial charge in [-0.1, -0.05) is 36.4 Å². The van der Waals surface area contributed by atoms with Gasteiger partial charge in [0, 0.05) is 36.8 Å². The number of nitro groups is 1. The number of likely N-dealkylation sites (N-methyl/N-ethyl adjacent to an activating group) is 1. The van der Waals surface area contributed by atoms with Gasteiger partial charge >= 0.3 is 0 Å². The molecule has 0 aromatic heterocycles. The maximum atomic E-state index is 13.2. The van der Waals surface area contributed by atoms with Crippen LogP contribution in [0.3, 0.4) is 0 Å². The van der Waals surface area contributed by atoms with E-state index >= 15 is 0 Å². The average Bonchev–Trinajstić information content (AvgIpc) is 2.62. The molecule has 1 fully saturated rings. The first-order valence-corrected chi connectivity index (χ1v) is 8.27. The van der Waals surface area contributed by atoms with Gasteiger partial charge in [-0.25, -0.2) is 0 Å². The molecule has 25 heavy (non-hydrogen) atoms. The Morgan fingerprint density at radius 3 is 2.52 bits per heavy atom. The molecule has 0 bridgehead atoms. The van der Waals surface area contributed by atoms with Crippen LogP contribution in [0.4, 0.5) is 5.69 Å². The fourth-order valence-corrected chi connectivity index (χ4v) is 3.33. The van der Waals surface area contributed by atoms with E-state index in [1.54, 1.807) is 19.1 Å². The molecule has 0 N–H and O–H groups in total. The second-order valence-corrected chi connectivity index (χ2v) is 6.39. The molecule has 1 aliphatic heterocycles. The van der Waals surface area contributed by atoms with Crippen molar-refractivity contribution in [3.05, 3.63) is 75.3 Å². The highest BCUT2D eigenvalue weighted by atomic mass is 16.6. The molecule has 6 nitrogen and oxygen atoms in total. The van der Waals surface area contributed by atoms with E-state index < -0.39 is 4.92 Å². The highest BCUT2D eigenvalue weighted by molar-refractivity contribution is 5.97. The van der Waals surface area contributed by atoms with E-state index in [4.69, 9.17) is 0 Å². The second kappa shape index (κ2) is 7.03. The van der Waals surface area contributed by atoms with Crippen LogP contribution < -0.4 is 0 Å². The Hall–Kier alpha value is -2.73. The van der Waals surface area contributed by atoms with Crippen LogP contribution in [-0.2, 0) is 0 Å². The van der Waals surface area contributed by atoms with E-state index in [0.29, 0.717) is 17.7 Å². The highest BCUT2D eigenvalue weighted by Crippen LogP contribution is 2.29. The first-order valence-electron chi connectivity index (χ1n) is 8.27. The minimum atomic E-state index is -0.440. The van der Waals surface area contributed by atoms with E-state index in [1.807, 2.05) is 42.3 Å². The quantitative estimate of drug-likeness (QED) is 0.637. The summed E-state index contributed by atoms with van der Waals surface area (Å²) in [5.74, 6) is -0.150. The zero-order valence-corrected chi connectivity index (χ0v) is 14.4. The van der Waals surface area contributed by atoms with Crippen molar-refractivity contribution in [2.24, 2.45) is 0 Å². The smallest absolute Gasteiger partial charge is 0.273 e. The Morgan fingerprint density at radius 1 is 1.12 bits per heavy atom. The number of carbonyl (C=O) groups is 1. The van der Waals surface area contributed by atoms with Crippen LogP contribution in [0.25, 0.3) is 0 Å². The lowest BCUT2D eigenvalue weighted by Crippen LogP contribution is -2.49. The van der Waals surface area contributed by atoms with Crippen molar-refractivity contribution >= 4 is 11.6 Å². The van der Waals surface area contributed by atoms with Crippen LogP contribution >= 0.6 is 0 Å². The van der Waals surface area contributed by atoms with Crippen LogP contribution in [0.2, 0.25) is 0 Å². The fraction of sp³-hybridized carbons (Fsp3) is 0.316. The van der Waals surface area contributed by atoms with Gasteiger partial charge in [0.2, 0.25) is 0 Å². The van der Waals surface area contributed by atoms with Crippen LogP contribution in [0.15, 0.2) is 48.5 Å². The summed E-state index contributed by atoms with van der Waals surface area (Å²) in [7, 11) is 2.04. The predicted molar refractivity (Wildman–Crippen MR) is 95.5 cm³/mol. The van der Waals surface area contributed by atoms with Crippen molar-refractivity contribution in [1.82, 2.24) is 9.80 Å². The molecule has 0 aliphatic carbocycles. The number of carbonyl (C=O) groups excluding carboxylic acids is 1. The lowest BCUT2D eigenvalue weighted by molar-refractivity contribution is -0.385. The second-order valence-electron chi connectivity index (χ2n) is 6.39. The van der Waals surface area contributed by atoms with Gasteiger partial charge in [0.1, 0.15) is 0 Å². The summed E-state index contributed by atoms with van der Waals surface area (Å²) in [5.41, 5.74) is 1.88. The molecular formula is C19H21N3O3. The number of nitro benzene ring substituents is 1. The number of amides is 1. The van der Waals surface area contributed by atoms with Gasteiger partial charge in [0.15, 0.2) is 0 Å². The molecule has 2 aromatic carbocycles. The number of rotatable bonds is 3. The Bertz CT molecular complexity index is 792. The first kappa shape index (κ1) is 17.1. The standard InChI is InChI=1S/C19H21N3O3/c1-14-16(9-6-10-17(14)22(24)25)19(23)21-12-11-20(2)13-18(21)15-7-4-3-5-8-15/h3-10,18H,11-13H2,1-2H3. The Balaban J connectivity index is 1.97. The molecule has 6 heteroatoms. The summed E-state index contributed by atoms with van der Waals surface area (Å²) in [5, 5.41) is 11.2. The summed E-state index contributed by atoms with van der Waals surface area (Å²) in [6.07, 6.45) is 0. The van der Waals surface area contributed by atoms with Gasteiger partial charge in [-0.15, -0.1) is 0 Å². The Labute approximate surface area is 146 Å². The van der Waals surface area contributed by atoms with Gasteiger partial charge < -0.3 is 9.80 Å². The van der Waals surface area contributed by atoms with Crippen LogP contribution in [0.1, 0.15) is 27.5 Å². The van der Waals surface area contributed by atoms with E-state index in [9.17, 15) is 14.9 Å². The number of hydrogen-bond donors (Lipinski definition) is 0. The SMILES string of the molecule is Cc1c(C(=O)N2CCN(C)CC2c2ccccc2)cccc1[N+](=O)[O-]. The summed E-state index contributed by atoms with van der Waals surface area (Å²) >= 11 is 0. The number of hydrogen-bond acceptors (Lipinski definition) is 4. The van der Waals surface area contributed by atoms with Gasteiger partial charge in [0.25, 0.3) is 11.6 Å². The lowest BCUT2D eigenvalue weighted by atomic mass is 9.99. The lowest BCUT2D eigenvalue weighted by Gasteiger charge is -2.40. The van der Waals surface area contributed by atoms with Gasteiger partial charge in [0.05, 0.1) is 11.0 Å². The minimum absolute atomic E-state index is 0.0174. The first-order chi connectivity index (χ1) is 12.0. The third-order valence-electron chi connectivity index (χ3n) is 4.76. The topological polar surface area (TPSA) is 66.7 Å². The maximum Gasteiger partial charge on any atom is 0.273 e. The fourth-order valence-electron chi connectivity index (χ4n) is 3.33. The van der Waals surface area contributed by atoms with E-state index in [2.05, 4.69) is 4.90 Å². The maximum absolute atomic E-state index is 13.2. The monoisotopic (exact) mass is 339 g/mol. The third-order valence-corrected chi connectivity index (χ3v) is 4.76. The molecule has 1 amide bonds. The number of piperazine rings is 1. The van der Waals surface area contributed by atoms with Crippen molar-refractivity contribution in [1.29, 1.82) is 0 Å². The molecule has 2 aromatic rings. The van der Waals surface area contributed by atoms with Crippen LogP contribution in [0, 0.1) is 17.0 Å². The van der Waals surface area contributed by atoms with Crippen molar-refractivity contribution in [3.63, 3.8) is 0 Å². The van der Waals surface area contributed by atoms with Crippen molar-refractivity contribution in [2.75, 3.05) is 26.7 Å². The largest absolute Gasteiger partial charge is 0.329 e. The van der Waals surface area contributed by atoms with Crippen molar-refractivity contribution < 1.29 is 9.72 Å². The number of nitrogens with zero attached hydrogens (tertiary/aromatic N) is 3. The molecular weight excluding hydrogens is 318 g/mol. The van der Waals surface area contributed by atoms with Gasteiger partial charge in [-0.2, -0.15) is 0 Å². The van der Waals surface area contributed by atoms with Gasteiger partial charge in [-0.05, 0) is 25.6 Å². The minimum Gasteiger partial charge on any atom is -0.329 e. The molecule has 1 saturated heterocycles. The molecule has 1 heterocycles. The summed E-state index contributed by atoms with van der Waals surface area (Å²) in [6, 6.07) is 14.5. The third kappa shape index (κ3) is 3.39. The van der Waals surface area contributed by atoms with Crippen molar-refractivity contribution in [2.45, 2.75) is 13.0 Å². The predicted octanol–water partition coefficient (Wildman–Crippen LogP) is 3.03. The summed E-state index contributed by atoms with van der Waals surface area (Å²) in [6.45, 7) is 3.75. The van der Waals surface area contributed by atoms with E-state index in [1.165, 1.54) is 6.07 Å². The Morgan fingerprint density at radius 2 is 1.84 bits per heavy atom. The van der Waals surface area contributed by atoms with Crippen molar-refractivity contribution in [3.8, 4) is 0 Å². The zero-order chi connectivity index (χ0) is 18.0. The summed E-state index contributed by atoms with van der Waals surface area (Å²) in [4.78, 5) is 27.9. The van der Waals surface area contributed by atoms with Crippen LogP contribution in [-0.4, -0.2) is 47.3 Å². The summed E-state index contributed by atoms with van der Waals surface area (Å²) < 4.78 is 0. The molecule has 0 spiro atoms. The highest BCUT2D eigenvalue weighted by Gasteiger charge is 2.32. The number of benzene rings is 2. The van der Waals surface area contributed by atoms with E-state index in [0.717, 1.165) is 18.7 Å².